The van der Waals surface area contributed by atoms with Crippen LogP contribution in [0.3, 0.4) is 0 Å². The molecule has 142 valence electrons. The number of rotatable bonds is 6. The highest BCUT2D eigenvalue weighted by atomic mass is 16.5. The Morgan fingerprint density at radius 3 is 2.81 bits per heavy atom. The molecular weight excluding hydrogens is 338 g/mol. The van der Waals surface area contributed by atoms with Crippen LogP contribution in [0.4, 0.5) is 10.5 Å². The molecule has 0 saturated carbocycles. The number of urea groups is 1. The molecule has 1 aromatic carbocycles. The van der Waals surface area contributed by atoms with Crippen LogP contribution in [-0.4, -0.2) is 58.0 Å². The highest BCUT2D eigenvalue weighted by Gasteiger charge is 2.32. The molecule has 0 unspecified atom stereocenters. The van der Waals surface area contributed by atoms with Crippen LogP contribution in [-0.2, 0) is 9.53 Å². The average molecular weight is 363 g/mol. The van der Waals surface area contributed by atoms with E-state index in [0.717, 1.165) is 25.1 Å². The molecule has 0 aliphatic carbocycles. The first-order valence-electron chi connectivity index (χ1n) is 8.79. The van der Waals surface area contributed by atoms with Crippen LogP contribution in [0.25, 0.3) is 0 Å². The molecule has 2 atom stereocenters. The largest absolute Gasteiger partial charge is 0.493 e. The number of anilines is 1. The molecule has 0 bridgehead atoms. The van der Waals surface area contributed by atoms with Gasteiger partial charge in [0.25, 0.3) is 0 Å². The summed E-state index contributed by atoms with van der Waals surface area (Å²) in [5.41, 5.74) is 0.719. The van der Waals surface area contributed by atoms with Gasteiger partial charge in [-0.1, -0.05) is 0 Å². The van der Waals surface area contributed by atoms with Crippen LogP contribution >= 0.6 is 0 Å². The minimum absolute atomic E-state index is 0.0401. The molecule has 2 heterocycles. The van der Waals surface area contributed by atoms with E-state index in [2.05, 4.69) is 10.6 Å². The van der Waals surface area contributed by atoms with Crippen molar-refractivity contribution in [2.75, 3.05) is 38.8 Å². The number of ether oxygens (including phenoxy) is 3. The van der Waals surface area contributed by atoms with Crippen LogP contribution in [0.2, 0.25) is 0 Å². The molecule has 0 spiro atoms. The molecule has 8 nitrogen and oxygen atoms in total. The fraction of sp³-hybridized carbons (Fsp3) is 0.556. The highest BCUT2D eigenvalue weighted by Crippen LogP contribution is 2.33. The van der Waals surface area contributed by atoms with Crippen molar-refractivity contribution in [1.29, 1.82) is 0 Å². The Bertz CT molecular complexity index is 660. The van der Waals surface area contributed by atoms with E-state index in [1.165, 1.54) is 0 Å². The van der Waals surface area contributed by atoms with Crippen LogP contribution in [0.15, 0.2) is 18.2 Å². The van der Waals surface area contributed by atoms with Gasteiger partial charge in [-0.3, -0.25) is 4.79 Å². The Hall–Kier alpha value is -2.48. The number of nitrogens with zero attached hydrogens (tertiary/aromatic N) is 1. The van der Waals surface area contributed by atoms with Crippen molar-refractivity contribution in [2.45, 2.75) is 31.4 Å². The number of carbonyl (C=O) groups excluding carboxylic acids is 2. The van der Waals surface area contributed by atoms with Crippen LogP contribution in [0.5, 0.6) is 11.5 Å². The van der Waals surface area contributed by atoms with Gasteiger partial charge in [-0.25, -0.2) is 4.79 Å². The normalized spacial score (nSPS) is 22.4. The van der Waals surface area contributed by atoms with E-state index in [1.807, 2.05) is 0 Å². The lowest BCUT2D eigenvalue weighted by Gasteiger charge is -2.19. The van der Waals surface area contributed by atoms with Gasteiger partial charge in [-0.2, -0.15) is 0 Å². The second-order valence-electron chi connectivity index (χ2n) is 6.43. The highest BCUT2D eigenvalue weighted by molar-refractivity contribution is 5.97. The van der Waals surface area contributed by atoms with Crippen molar-refractivity contribution in [3.8, 4) is 11.5 Å². The van der Waals surface area contributed by atoms with Crippen molar-refractivity contribution in [3.63, 3.8) is 0 Å². The maximum atomic E-state index is 12.3. The van der Waals surface area contributed by atoms with Crippen molar-refractivity contribution in [1.82, 2.24) is 10.6 Å². The lowest BCUT2D eigenvalue weighted by Crippen LogP contribution is -2.45. The summed E-state index contributed by atoms with van der Waals surface area (Å²) in [7, 11) is 3.11. The number of nitrogens with one attached hydrogen (secondary N) is 2. The van der Waals surface area contributed by atoms with Gasteiger partial charge >= 0.3 is 6.03 Å². The quantitative estimate of drug-likeness (QED) is 0.795. The third-order valence-electron chi connectivity index (χ3n) is 4.65. The molecule has 0 aromatic heterocycles. The van der Waals surface area contributed by atoms with Crippen LogP contribution < -0.4 is 25.0 Å². The van der Waals surface area contributed by atoms with Crippen molar-refractivity contribution < 1.29 is 23.8 Å². The minimum Gasteiger partial charge on any atom is -0.493 e. The Kier molecular flexibility index (Phi) is 5.82. The van der Waals surface area contributed by atoms with Crippen molar-refractivity contribution in [3.05, 3.63) is 18.2 Å². The summed E-state index contributed by atoms with van der Waals surface area (Å²) >= 11 is 0. The zero-order chi connectivity index (χ0) is 18.5. The van der Waals surface area contributed by atoms with E-state index in [-0.39, 0.29) is 30.5 Å². The molecule has 2 aliphatic heterocycles. The smallest absolute Gasteiger partial charge is 0.315 e. The van der Waals surface area contributed by atoms with Crippen LogP contribution in [0, 0.1) is 0 Å². The Morgan fingerprint density at radius 2 is 2.12 bits per heavy atom. The molecule has 2 saturated heterocycles. The third kappa shape index (κ3) is 4.19. The van der Waals surface area contributed by atoms with Crippen molar-refractivity contribution in [2.24, 2.45) is 0 Å². The van der Waals surface area contributed by atoms with Gasteiger partial charge in [0, 0.05) is 37.9 Å². The fourth-order valence-corrected chi connectivity index (χ4v) is 3.29. The summed E-state index contributed by atoms with van der Waals surface area (Å²) in [6.07, 6.45) is 2.36. The number of hydrogen-bond donors (Lipinski definition) is 2. The molecular formula is C18H25N3O5. The molecule has 26 heavy (non-hydrogen) atoms. The topological polar surface area (TPSA) is 89.1 Å². The number of carbonyl (C=O) groups is 2. The average Bonchev–Trinajstić information content (AvgIpc) is 3.29. The third-order valence-corrected chi connectivity index (χ3v) is 4.65. The number of methoxy groups -OCH3 is 2. The van der Waals surface area contributed by atoms with E-state index in [9.17, 15) is 9.59 Å². The lowest BCUT2D eigenvalue weighted by atomic mass is 10.2. The molecule has 3 rings (SSSR count). The summed E-state index contributed by atoms with van der Waals surface area (Å²) in [5, 5.41) is 5.67. The standard InChI is InChI=1S/C18H25N3O5/c1-24-15-6-5-13(9-16(15)25-2)21-11-12(8-17(21)22)20-18(23)19-10-14-4-3-7-26-14/h5-6,9,12,14H,3-4,7-8,10-11H2,1-2H3,(H2,19,20,23)/t12-,14-/m0/s1. The first kappa shape index (κ1) is 18.3. The zero-order valence-corrected chi connectivity index (χ0v) is 15.1. The minimum atomic E-state index is -0.271. The molecule has 8 heteroatoms. The maximum Gasteiger partial charge on any atom is 0.315 e. The van der Waals surface area contributed by atoms with Gasteiger partial charge in [0.15, 0.2) is 11.5 Å². The van der Waals surface area contributed by atoms with Gasteiger partial charge in [0.1, 0.15) is 0 Å². The van der Waals surface area contributed by atoms with Crippen molar-refractivity contribution >= 4 is 17.6 Å². The maximum absolute atomic E-state index is 12.3. The fourth-order valence-electron chi connectivity index (χ4n) is 3.29. The molecule has 3 amide bonds. The van der Waals surface area contributed by atoms with Crippen LogP contribution in [0.1, 0.15) is 19.3 Å². The number of hydrogen-bond acceptors (Lipinski definition) is 5. The van der Waals surface area contributed by atoms with Gasteiger partial charge in [0.2, 0.25) is 5.91 Å². The van der Waals surface area contributed by atoms with E-state index in [1.54, 1.807) is 37.3 Å². The van der Waals surface area contributed by atoms with Gasteiger partial charge in [0.05, 0.1) is 26.4 Å². The molecule has 2 aliphatic rings. The van der Waals surface area contributed by atoms with E-state index in [0.29, 0.717) is 24.6 Å². The number of amides is 3. The second-order valence-corrected chi connectivity index (χ2v) is 6.43. The van der Waals surface area contributed by atoms with Gasteiger partial charge in [-0.15, -0.1) is 0 Å². The molecule has 0 radical (unpaired) electrons. The monoisotopic (exact) mass is 363 g/mol. The van der Waals surface area contributed by atoms with Gasteiger partial charge in [-0.05, 0) is 25.0 Å². The van der Waals surface area contributed by atoms with E-state index in [4.69, 9.17) is 14.2 Å². The molecule has 1 aromatic rings. The Balaban J connectivity index is 1.55. The molecule has 2 fully saturated rings. The summed E-state index contributed by atoms with van der Waals surface area (Å²) < 4.78 is 16.0. The summed E-state index contributed by atoms with van der Waals surface area (Å²) in [5.74, 6) is 1.12. The summed E-state index contributed by atoms with van der Waals surface area (Å²) in [6, 6.07) is 4.82. The first-order chi connectivity index (χ1) is 12.6. The second kappa shape index (κ2) is 8.27. The predicted octanol–water partition coefficient (Wildman–Crippen LogP) is 1.29. The van der Waals surface area contributed by atoms with E-state index < -0.39 is 0 Å². The SMILES string of the molecule is COc1ccc(N2C[C@@H](NC(=O)NC[C@@H]3CCCO3)CC2=O)cc1OC. The molecule has 2 N–H and O–H groups in total. The van der Waals surface area contributed by atoms with Gasteiger partial charge < -0.3 is 29.7 Å². The summed E-state index contributed by atoms with van der Waals surface area (Å²) in [6.45, 7) is 1.67. The Morgan fingerprint density at radius 1 is 1.31 bits per heavy atom. The summed E-state index contributed by atoms with van der Waals surface area (Å²) in [4.78, 5) is 26.0. The van der Waals surface area contributed by atoms with E-state index >= 15 is 0 Å². The first-order valence-corrected chi connectivity index (χ1v) is 8.79. The zero-order valence-electron chi connectivity index (χ0n) is 15.1. The lowest BCUT2D eigenvalue weighted by molar-refractivity contribution is -0.117. The Labute approximate surface area is 152 Å². The number of benzene rings is 1. The predicted molar refractivity (Wildman–Crippen MR) is 95.8 cm³/mol.